The third-order valence-corrected chi connectivity index (χ3v) is 4.47. The number of allylic oxidation sites excluding steroid dienone is 1. The van der Waals surface area contributed by atoms with Gasteiger partial charge in [0.1, 0.15) is 0 Å². The van der Waals surface area contributed by atoms with Crippen LogP contribution >= 0.6 is 23.2 Å². The highest BCUT2D eigenvalue weighted by Crippen LogP contribution is 2.33. The van der Waals surface area contributed by atoms with Gasteiger partial charge in [-0.05, 0) is 30.2 Å². The van der Waals surface area contributed by atoms with Crippen LogP contribution in [0, 0.1) is 0 Å². The van der Waals surface area contributed by atoms with Crippen molar-refractivity contribution in [2.45, 2.75) is 6.92 Å². The number of aromatic carboxylic acids is 1. The number of carbonyl (C=O) groups excluding carboxylic acids is 1. The molecule has 0 spiro atoms. The Morgan fingerprint density at radius 3 is 2.22 bits per heavy atom. The molecule has 0 fully saturated rings. The van der Waals surface area contributed by atoms with E-state index in [1.165, 1.54) is 32.4 Å². The highest BCUT2D eigenvalue weighted by molar-refractivity contribution is 6.42. The minimum atomic E-state index is -1.21. The zero-order valence-electron chi connectivity index (χ0n) is 14.8. The number of carbonyl (C=O) groups is 2. The van der Waals surface area contributed by atoms with E-state index in [1.54, 1.807) is 25.1 Å². The van der Waals surface area contributed by atoms with Gasteiger partial charge in [0.15, 0.2) is 11.5 Å². The lowest BCUT2D eigenvalue weighted by Gasteiger charge is -2.13. The zero-order chi connectivity index (χ0) is 20.1. The van der Waals surface area contributed by atoms with Gasteiger partial charge in [-0.15, -0.1) is 0 Å². The molecule has 2 rings (SSSR count). The van der Waals surface area contributed by atoms with Gasteiger partial charge in [0.2, 0.25) is 5.91 Å². The van der Waals surface area contributed by atoms with Crippen LogP contribution in [0.4, 0.5) is 5.69 Å². The van der Waals surface area contributed by atoms with Crippen molar-refractivity contribution in [1.82, 2.24) is 0 Å². The molecule has 1 amide bonds. The monoisotopic (exact) mass is 409 g/mol. The molecule has 142 valence electrons. The molecule has 0 aliphatic heterocycles. The van der Waals surface area contributed by atoms with E-state index >= 15 is 0 Å². The Kier molecular flexibility index (Phi) is 6.71. The first-order chi connectivity index (χ1) is 12.8. The number of hydrogen-bond acceptors (Lipinski definition) is 4. The van der Waals surface area contributed by atoms with Gasteiger partial charge in [0, 0.05) is 18.2 Å². The van der Waals surface area contributed by atoms with Crippen molar-refractivity contribution in [3.8, 4) is 11.5 Å². The molecule has 0 atom stereocenters. The zero-order valence-corrected chi connectivity index (χ0v) is 16.3. The maximum atomic E-state index is 12.4. The molecule has 0 aliphatic rings. The average molecular weight is 410 g/mol. The number of carboxylic acids is 1. The van der Waals surface area contributed by atoms with E-state index in [-0.39, 0.29) is 17.0 Å². The molecule has 6 nitrogen and oxygen atoms in total. The highest BCUT2D eigenvalue weighted by atomic mass is 35.5. The standard InChI is InChI=1S/C19H17Cl2NO5/c1-10(11-4-5-13(20)14(21)7-11)6-18(23)22-15-9-17(27-3)16(26-2)8-12(15)19(24)25/h4-9H,1-3H3,(H,22,23)(H,24,25). The van der Waals surface area contributed by atoms with Crippen molar-refractivity contribution in [3.63, 3.8) is 0 Å². The summed E-state index contributed by atoms with van der Waals surface area (Å²) in [5.41, 5.74) is 1.30. The largest absolute Gasteiger partial charge is 0.493 e. The number of methoxy groups -OCH3 is 2. The first-order valence-electron chi connectivity index (χ1n) is 7.70. The molecule has 0 aromatic heterocycles. The van der Waals surface area contributed by atoms with Gasteiger partial charge in [-0.25, -0.2) is 4.79 Å². The second-order valence-electron chi connectivity index (χ2n) is 5.50. The first-order valence-corrected chi connectivity index (χ1v) is 8.46. The van der Waals surface area contributed by atoms with Gasteiger partial charge >= 0.3 is 5.97 Å². The molecule has 27 heavy (non-hydrogen) atoms. The molecule has 0 radical (unpaired) electrons. The Balaban J connectivity index is 2.33. The number of amides is 1. The van der Waals surface area contributed by atoms with Crippen molar-refractivity contribution in [2.75, 3.05) is 19.5 Å². The predicted molar refractivity (Wildman–Crippen MR) is 105 cm³/mol. The number of carboxylic acid groups (broad SMARTS) is 1. The SMILES string of the molecule is COc1cc(NC(=O)C=C(C)c2ccc(Cl)c(Cl)c2)c(C(=O)O)cc1OC. The number of ether oxygens (including phenoxy) is 2. The summed E-state index contributed by atoms with van der Waals surface area (Å²) in [5, 5.41) is 12.7. The second kappa shape index (κ2) is 8.79. The van der Waals surface area contributed by atoms with E-state index in [1.807, 2.05) is 0 Å². The maximum absolute atomic E-state index is 12.4. The fraction of sp³-hybridized carbons (Fsp3) is 0.158. The number of rotatable bonds is 6. The predicted octanol–water partition coefficient (Wildman–Crippen LogP) is 4.75. The number of nitrogens with one attached hydrogen (secondary N) is 1. The molecule has 0 saturated heterocycles. The van der Waals surface area contributed by atoms with Crippen molar-refractivity contribution in [2.24, 2.45) is 0 Å². The summed E-state index contributed by atoms with van der Waals surface area (Å²) in [6.07, 6.45) is 1.34. The van der Waals surface area contributed by atoms with E-state index in [0.717, 1.165) is 0 Å². The lowest BCUT2D eigenvalue weighted by Crippen LogP contribution is -2.13. The van der Waals surface area contributed by atoms with Crippen LogP contribution in [0.3, 0.4) is 0 Å². The van der Waals surface area contributed by atoms with Crippen LogP contribution in [0.5, 0.6) is 11.5 Å². The molecule has 0 heterocycles. The second-order valence-corrected chi connectivity index (χ2v) is 6.32. The molecule has 0 unspecified atom stereocenters. The van der Waals surface area contributed by atoms with Crippen LogP contribution in [0.15, 0.2) is 36.4 Å². The van der Waals surface area contributed by atoms with E-state index in [2.05, 4.69) is 5.32 Å². The van der Waals surface area contributed by atoms with Gasteiger partial charge in [0.05, 0.1) is 35.5 Å². The number of benzene rings is 2. The molecule has 2 aromatic rings. The summed E-state index contributed by atoms with van der Waals surface area (Å²) in [6.45, 7) is 1.73. The van der Waals surface area contributed by atoms with Crippen molar-refractivity contribution in [1.29, 1.82) is 0 Å². The minimum absolute atomic E-state index is 0.0864. The fourth-order valence-electron chi connectivity index (χ4n) is 2.35. The molecule has 0 aliphatic carbocycles. The van der Waals surface area contributed by atoms with E-state index < -0.39 is 11.9 Å². The van der Waals surface area contributed by atoms with Gasteiger partial charge in [-0.2, -0.15) is 0 Å². The fourth-order valence-corrected chi connectivity index (χ4v) is 2.65. The molecule has 8 heteroatoms. The van der Waals surface area contributed by atoms with Crippen molar-refractivity contribution < 1.29 is 24.2 Å². The molecular formula is C19H17Cl2NO5. The third-order valence-electron chi connectivity index (χ3n) is 3.73. The molecule has 0 saturated carbocycles. The van der Waals surface area contributed by atoms with Crippen LogP contribution in [-0.2, 0) is 4.79 Å². The normalized spacial score (nSPS) is 11.1. The van der Waals surface area contributed by atoms with Crippen LogP contribution < -0.4 is 14.8 Å². The molecule has 0 bridgehead atoms. The molecular weight excluding hydrogens is 393 g/mol. The van der Waals surface area contributed by atoms with Gasteiger partial charge in [0.25, 0.3) is 0 Å². The Hall–Kier alpha value is -2.70. The number of hydrogen-bond donors (Lipinski definition) is 2. The van der Waals surface area contributed by atoms with E-state index in [0.29, 0.717) is 26.9 Å². The molecule has 2 N–H and O–H groups in total. The third kappa shape index (κ3) is 4.93. The summed E-state index contributed by atoms with van der Waals surface area (Å²) < 4.78 is 10.3. The van der Waals surface area contributed by atoms with Crippen LogP contribution in [-0.4, -0.2) is 31.2 Å². The Labute approximate surface area is 166 Å². The van der Waals surface area contributed by atoms with E-state index in [4.69, 9.17) is 32.7 Å². The van der Waals surface area contributed by atoms with Crippen molar-refractivity contribution >= 4 is 46.3 Å². The number of anilines is 1. The van der Waals surface area contributed by atoms with Crippen LogP contribution in [0.1, 0.15) is 22.8 Å². The lowest BCUT2D eigenvalue weighted by molar-refractivity contribution is -0.111. The summed E-state index contributed by atoms with van der Waals surface area (Å²) in [5.74, 6) is -1.18. The number of halogens is 2. The smallest absolute Gasteiger partial charge is 0.337 e. The summed E-state index contributed by atoms with van der Waals surface area (Å²) in [7, 11) is 2.81. The van der Waals surface area contributed by atoms with Gasteiger partial charge in [-0.1, -0.05) is 29.3 Å². The summed E-state index contributed by atoms with van der Waals surface area (Å²) in [4.78, 5) is 23.9. The Morgan fingerprint density at radius 1 is 1.04 bits per heavy atom. The van der Waals surface area contributed by atoms with Crippen molar-refractivity contribution in [3.05, 3.63) is 57.6 Å². The average Bonchev–Trinajstić information content (AvgIpc) is 2.63. The van der Waals surface area contributed by atoms with Gasteiger partial charge in [-0.3, -0.25) is 4.79 Å². The Bertz CT molecular complexity index is 925. The Morgan fingerprint density at radius 2 is 1.67 bits per heavy atom. The highest BCUT2D eigenvalue weighted by Gasteiger charge is 2.17. The van der Waals surface area contributed by atoms with Crippen LogP contribution in [0.25, 0.3) is 5.57 Å². The van der Waals surface area contributed by atoms with Gasteiger partial charge < -0.3 is 19.9 Å². The maximum Gasteiger partial charge on any atom is 0.337 e. The van der Waals surface area contributed by atoms with Crippen LogP contribution in [0.2, 0.25) is 10.0 Å². The minimum Gasteiger partial charge on any atom is -0.493 e. The molecule has 2 aromatic carbocycles. The summed E-state index contributed by atoms with van der Waals surface area (Å²) in [6, 6.07) is 7.68. The van der Waals surface area contributed by atoms with E-state index in [9.17, 15) is 14.7 Å². The lowest BCUT2D eigenvalue weighted by atomic mass is 10.1. The topological polar surface area (TPSA) is 84.9 Å². The quantitative estimate of drug-likeness (QED) is 0.672. The first kappa shape index (κ1) is 20.6. The summed E-state index contributed by atoms with van der Waals surface area (Å²) >= 11 is 11.9.